The van der Waals surface area contributed by atoms with Crippen molar-refractivity contribution in [1.29, 1.82) is 0 Å². The minimum absolute atomic E-state index is 0.229. The Labute approximate surface area is 104 Å². The van der Waals surface area contributed by atoms with Crippen LogP contribution in [0.2, 0.25) is 0 Å². The highest BCUT2D eigenvalue weighted by atomic mass is 32.1. The summed E-state index contributed by atoms with van der Waals surface area (Å²) in [5.74, 6) is 0. The van der Waals surface area contributed by atoms with Gasteiger partial charge in [-0.1, -0.05) is 6.92 Å². The fourth-order valence-corrected chi connectivity index (χ4v) is 2.37. The lowest BCUT2D eigenvalue weighted by molar-refractivity contribution is 0.0223. The van der Waals surface area contributed by atoms with Gasteiger partial charge in [0.15, 0.2) is 0 Å². The van der Waals surface area contributed by atoms with Gasteiger partial charge in [-0.25, -0.2) is 0 Å². The van der Waals surface area contributed by atoms with Gasteiger partial charge >= 0.3 is 0 Å². The lowest BCUT2D eigenvalue weighted by Crippen LogP contribution is -2.44. The van der Waals surface area contributed by atoms with E-state index in [0.717, 1.165) is 32.1 Å². The number of aliphatic hydroxyl groups excluding tert-OH is 1. The van der Waals surface area contributed by atoms with Crippen molar-refractivity contribution in [3.8, 4) is 0 Å². The molecule has 1 rings (SSSR count). The molecule has 0 aromatic heterocycles. The summed E-state index contributed by atoms with van der Waals surface area (Å²) >= 11 is 4.56. The Kier molecular flexibility index (Phi) is 6.73. The Balaban J connectivity index is 2.35. The van der Waals surface area contributed by atoms with Crippen LogP contribution < -0.4 is 5.32 Å². The second kappa shape index (κ2) is 7.54. The van der Waals surface area contributed by atoms with Crippen molar-refractivity contribution in [2.75, 3.05) is 6.61 Å². The standard InChI is InChI=1S/C12H25NO2S/c1-3-9(2)15-8-10-7-11(16)5-4-6-12(14)13-10/h9-14,16H,3-8H2,1-2H3. The molecule has 1 saturated heterocycles. The molecule has 96 valence electrons. The van der Waals surface area contributed by atoms with Gasteiger partial charge in [-0.05, 0) is 39.0 Å². The van der Waals surface area contributed by atoms with Gasteiger partial charge in [0.05, 0.1) is 12.7 Å². The van der Waals surface area contributed by atoms with E-state index in [1.807, 2.05) is 0 Å². The molecular formula is C12H25NO2S. The van der Waals surface area contributed by atoms with E-state index in [0.29, 0.717) is 18.0 Å². The predicted molar refractivity (Wildman–Crippen MR) is 69.9 cm³/mol. The summed E-state index contributed by atoms with van der Waals surface area (Å²) in [7, 11) is 0. The van der Waals surface area contributed by atoms with E-state index < -0.39 is 0 Å². The molecule has 4 atom stereocenters. The molecule has 1 aliphatic heterocycles. The molecule has 0 radical (unpaired) electrons. The van der Waals surface area contributed by atoms with Crippen molar-refractivity contribution in [2.24, 2.45) is 0 Å². The number of rotatable bonds is 4. The van der Waals surface area contributed by atoms with Gasteiger partial charge in [-0.15, -0.1) is 0 Å². The Morgan fingerprint density at radius 2 is 2.25 bits per heavy atom. The first-order valence-electron chi connectivity index (χ1n) is 6.35. The van der Waals surface area contributed by atoms with Crippen LogP contribution in [-0.4, -0.2) is 35.3 Å². The molecule has 0 spiro atoms. The monoisotopic (exact) mass is 247 g/mol. The van der Waals surface area contributed by atoms with E-state index >= 15 is 0 Å². The van der Waals surface area contributed by atoms with E-state index in [1.165, 1.54) is 0 Å². The van der Waals surface area contributed by atoms with Gasteiger partial charge < -0.3 is 9.84 Å². The van der Waals surface area contributed by atoms with E-state index in [9.17, 15) is 5.11 Å². The fraction of sp³-hybridized carbons (Fsp3) is 1.00. The Morgan fingerprint density at radius 1 is 1.50 bits per heavy atom. The van der Waals surface area contributed by atoms with Gasteiger partial charge in [0.2, 0.25) is 0 Å². The zero-order chi connectivity index (χ0) is 12.0. The van der Waals surface area contributed by atoms with E-state index in [2.05, 4.69) is 31.8 Å². The molecule has 1 fully saturated rings. The molecule has 0 aromatic rings. The first kappa shape index (κ1) is 14.3. The second-order valence-electron chi connectivity index (χ2n) is 4.75. The highest BCUT2D eigenvalue weighted by molar-refractivity contribution is 7.80. The highest BCUT2D eigenvalue weighted by Crippen LogP contribution is 2.18. The number of nitrogens with one attached hydrogen (secondary N) is 1. The Morgan fingerprint density at radius 3 is 2.94 bits per heavy atom. The maximum atomic E-state index is 9.70. The Bertz CT molecular complexity index is 180. The summed E-state index contributed by atoms with van der Waals surface area (Å²) in [6, 6.07) is 0.229. The fourth-order valence-electron chi connectivity index (χ4n) is 1.93. The molecule has 4 unspecified atom stereocenters. The quantitative estimate of drug-likeness (QED) is 0.665. The number of ether oxygens (including phenoxy) is 1. The third-order valence-corrected chi connectivity index (χ3v) is 3.63. The van der Waals surface area contributed by atoms with Gasteiger partial charge in [0, 0.05) is 11.3 Å². The van der Waals surface area contributed by atoms with Gasteiger partial charge in [0.25, 0.3) is 0 Å². The summed E-state index contributed by atoms with van der Waals surface area (Å²) in [6.07, 6.45) is 4.85. The first-order valence-corrected chi connectivity index (χ1v) is 6.87. The molecule has 0 saturated carbocycles. The number of thiol groups is 1. The predicted octanol–water partition coefficient (Wildman–Crippen LogP) is 1.95. The van der Waals surface area contributed by atoms with Crippen LogP contribution in [0.5, 0.6) is 0 Å². The average Bonchev–Trinajstić information content (AvgIpc) is 2.23. The van der Waals surface area contributed by atoms with Crippen molar-refractivity contribution in [2.45, 2.75) is 69.6 Å². The maximum absolute atomic E-state index is 9.70. The smallest absolute Gasteiger partial charge is 0.105 e. The van der Waals surface area contributed by atoms with Crippen molar-refractivity contribution in [3.63, 3.8) is 0 Å². The van der Waals surface area contributed by atoms with Crippen molar-refractivity contribution >= 4 is 12.6 Å². The molecule has 2 N–H and O–H groups in total. The zero-order valence-corrected chi connectivity index (χ0v) is 11.2. The van der Waals surface area contributed by atoms with Crippen molar-refractivity contribution < 1.29 is 9.84 Å². The molecular weight excluding hydrogens is 222 g/mol. The number of hydrogen-bond acceptors (Lipinski definition) is 4. The number of aliphatic hydroxyl groups is 1. The summed E-state index contributed by atoms with van der Waals surface area (Å²) in [6.45, 7) is 4.87. The normalized spacial score (nSPS) is 34.1. The van der Waals surface area contributed by atoms with Crippen molar-refractivity contribution in [1.82, 2.24) is 5.32 Å². The SMILES string of the molecule is CCC(C)OCC1CC(S)CCCC(O)N1. The van der Waals surface area contributed by atoms with Crippen LogP contribution >= 0.6 is 12.6 Å². The largest absolute Gasteiger partial charge is 0.379 e. The van der Waals surface area contributed by atoms with Crippen LogP contribution in [0.25, 0.3) is 0 Å². The van der Waals surface area contributed by atoms with E-state index in [-0.39, 0.29) is 12.3 Å². The molecule has 0 aliphatic carbocycles. The average molecular weight is 247 g/mol. The molecule has 1 heterocycles. The van der Waals surface area contributed by atoms with E-state index in [1.54, 1.807) is 0 Å². The Hall–Kier alpha value is 0.230. The van der Waals surface area contributed by atoms with Gasteiger partial charge in [0.1, 0.15) is 6.23 Å². The van der Waals surface area contributed by atoms with Crippen LogP contribution in [0.4, 0.5) is 0 Å². The summed E-state index contributed by atoms with van der Waals surface area (Å²) in [5.41, 5.74) is 0. The molecule has 16 heavy (non-hydrogen) atoms. The molecule has 0 amide bonds. The van der Waals surface area contributed by atoms with Gasteiger partial charge in [-0.2, -0.15) is 12.6 Å². The molecule has 3 nitrogen and oxygen atoms in total. The lowest BCUT2D eigenvalue weighted by atomic mass is 10.0. The minimum Gasteiger partial charge on any atom is -0.379 e. The van der Waals surface area contributed by atoms with Crippen LogP contribution in [0.3, 0.4) is 0 Å². The molecule has 0 bridgehead atoms. The summed E-state index contributed by atoms with van der Waals surface area (Å²) in [5, 5.41) is 13.3. The highest BCUT2D eigenvalue weighted by Gasteiger charge is 2.20. The van der Waals surface area contributed by atoms with Crippen LogP contribution in [0, 0.1) is 0 Å². The maximum Gasteiger partial charge on any atom is 0.105 e. The summed E-state index contributed by atoms with van der Waals surface area (Å²) in [4.78, 5) is 0. The van der Waals surface area contributed by atoms with Crippen LogP contribution in [-0.2, 0) is 4.74 Å². The molecule has 4 heteroatoms. The van der Waals surface area contributed by atoms with Crippen molar-refractivity contribution in [3.05, 3.63) is 0 Å². The van der Waals surface area contributed by atoms with E-state index in [4.69, 9.17) is 4.74 Å². The van der Waals surface area contributed by atoms with Crippen LogP contribution in [0.1, 0.15) is 46.0 Å². The zero-order valence-electron chi connectivity index (χ0n) is 10.4. The lowest BCUT2D eigenvalue weighted by Gasteiger charge is -2.28. The minimum atomic E-state index is -0.383. The topological polar surface area (TPSA) is 41.5 Å². The van der Waals surface area contributed by atoms with Gasteiger partial charge in [-0.3, -0.25) is 5.32 Å². The molecule has 1 aliphatic rings. The number of hydrogen-bond donors (Lipinski definition) is 3. The summed E-state index contributed by atoms with van der Waals surface area (Å²) < 4.78 is 5.72. The first-order chi connectivity index (χ1) is 7.61. The third-order valence-electron chi connectivity index (χ3n) is 3.16. The van der Waals surface area contributed by atoms with Crippen LogP contribution in [0.15, 0.2) is 0 Å². The molecule has 0 aromatic carbocycles. The third kappa shape index (κ3) is 5.53. The second-order valence-corrected chi connectivity index (χ2v) is 5.48.